The highest BCUT2D eigenvalue weighted by Gasteiger charge is 2.20. The fraction of sp³-hybridized carbons (Fsp3) is 0.625. The van der Waals surface area contributed by atoms with E-state index in [-0.39, 0.29) is 5.69 Å². The van der Waals surface area contributed by atoms with Crippen molar-refractivity contribution in [3.8, 4) is 0 Å². The maximum atomic E-state index is 13.3. The zero-order chi connectivity index (χ0) is 15.2. The minimum atomic E-state index is -0.452. The number of benzene rings is 1. The molecule has 116 valence electrons. The first kappa shape index (κ1) is 15.9. The molecular weight excluding hydrogens is 271 g/mol. The molecule has 1 N–H and O–H groups in total. The Kier molecular flexibility index (Phi) is 5.67. The van der Waals surface area contributed by atoms with E-state index in [4.69, 9.17) is 0 Å². The number of hydrogen-bond acceptors (Lipinski definition) is 3. The largest absolute Gasteiger partial charge is 0.310 e. The van der Waals surface area contributed by atoms with Gasteiger partial charge in [-0.1, -0.05) is 25.7 Å². The van der Waals surface area contributed by atoms with Gasteiger partial charge in [0.15, 0.2) is 0 Å². The molecule has 0 heterocycles. The monoisotopic (exact) mass is 294 g/mol. The number of hydrogen-bond donors (Lipinski definition) is 1. The van der Waals surface area contributed by atoms with Gasteiger partial charge >= 0.3 is 0 Å². The number of nitro benzene ring substituents is 1. The van der Waals surface area contributed by atoms with Crippen LogP contribution in [-0.4, -0.2) is 11.0 Å². The number of nitrogens with one attached hydrogen (secondary N) is 1. The number of halogens is 1. The Labute approximate surface area is 124 Å². The Hall–Kier alpha value is -1.49. The van der Waals surface area contributed by atoms with Gasteiger partial charge in [-0.2, -0.15) is 0 Å². The smallest absolute Gasteiger partial charge is 0.274 e. The molecule has 2 rings (SSSR count). The first-order valence-electron chi connectivity index (χ1n) is 7.74. The molecule has 0 amide bonds. The lowest BCUT2D eigenvalue weighted by molar-refractivity contribution is -0.385. The molecule has 0 bridgehead atoms. The summed E-state index contributed by atoms with van der Waals surface area (Å²) in [6.45, 7) is 2.47. The van der Waals surface area contributed by atoms with E-state index in [1.165, 1.54) is 50.7 Å². The summed E-state index contributed by atoms with van der Waals surface area (Å²) in [7, 11) is 0. The van der Waals surface area contributed by atoms with E-state index in [1.807, 2.05) is 0 Å². The van der Waals surface area contributed by atoms with Crippen molar-refractivity contribution in [1.82, 2.24) is 5.32 Å². The third kappa shape index (κ3) is 4.49. The molecule has 0 aromatic heterocycles. The normalized spacial score (nSPS) is 18.2. The SMILES string of the molecule is C[C@H](NCc1cc(F)ccc1[N+](=O)[O-])C1CCCCCC1. The second-order valence-electron chi connectivity index (χ2n) is 5.95. The van der Waals surface area contributed by atoms with E-state index >= 15 is 0 Å². The summed E-state index contributed by atoms with van der Waals surface area (Å²) in [6.07, 6.45) is 7.55. The van der Waals surface area contributed by atoms with E-state index in [9.17, 15) is 14.5 Å². The molecule has 1 atom stereocenters. The Morgan fingerprint density at radius 2 is 2.00 bits per heavy atom. The molecule has 0 aliphatic heterocycles. The number of rotatable bonds is 5. The summed E-state index contributed by atoms with van der Waals surface area (Å²) >= 11 is 0. The van der Waals surface area contributed by atoms with Crippen LogP contribution in [0.5, 0.6) is 0 Å². The highest BCUT2D eigenvalue weighted by Crippen LogP contribution is 2.26. The predicted octanol–water partition coefficient (Wildman–Crippen LogP) is 4.18. The molecule has 21 heavy (non-hydrogen) atoms. The highest BCUT2D eigenvalue weighted by atomic mass is 19.1. The van der Waals surface area contributed by atoms with Crippen LogP contribution in [0.2, 0.25) is 0 Å². The fourth-order valence-corrected chi connectivity index (χ4v) is 3.12. The summed E-state index contributed by atoms with van der Waals surface area (Å²) in [5, 5.41) is 14.3. The highest BCUT2D eigenvalue weighted by molar-refractivity contribution is 5.40. The van der Waals surface area contributed by atoms with Gasteiger partial charge in [0.2, 0.25) is 0 Å². The standard InChI is InChI=1S/C16H23FN2O2/c1-12(13-6-4-2-3-5-7-13)18-11-14-10-15(17)8-9-16(14)19(20)21/h8-10,12-13,18H,2-7,11H2,1H3/t12-/m0/s1. The van der Waals surface area contributed by atoms with Gasteiger partial charge in [-0.15, -0.1) is 0 Å². The Bertz CT molecular complexity index is 485. The van der Waals surface area contributed by atoms with Gasteiger partial charge in [-0.3, -0.25) is 10.1 Å². The molecule has 1 aliphatic rings. The van der Waals surface area contributed by atoms with E-state index in [0.29, 0.717) is 24.1 Å². The minimum Gasteiger partial charge on any atom is -0.310 e. The van der Waals surface area contributed by atoms with Crippen LogP contribution < -0.4 is 5.32 Å². The third-order valence-electron chi connectivity index (χ3n) is 4.46. The molecule has 4 nitrogen and oxygen atoms in total. The van der Waals surface area contributed by atoms with Crippen molar-refractivity contribution in [3.05, 3.63) is 39.7 Å². The molecule has 1 saturated carbocycles. The number of nitrogens with zero attached hydrogens (tertiary/aromatic N) is 1. The van der Waals surface area contributed by atoms with Crippen LogP contribution >= 0.6 is 0 Å². The molecule has 1 fully saturated rings. The van der Waals surface area contributed by atoms with Crippen molar-refractivity contribution >= 4 is 5.69 Å². The predicted molar refractivity (Wildman–Crippen MR) is 80.5 cm³/mol. The summed E-state index contributed by atoms with van der Waals surface area (Å²) in [4.78, 5) is 10.5. The van der Waals surface area contributed by atoms with Gasteiger partial charge in [-0.25, -0.2) is 4.39 Å². The average molecular weight is 294 g/mol. The fourth-order valence-electron chi connectivity index (χ4n) is 3.12. The summed E-state index contributed by atoms with van der Waals surface area (Å²) in [5.41, 5.74) is 0.400. The maximum absolute atomic E-state index is 13.3. The quantitative estimate of drug-likeness (QED) is 0.503. The second kappa shape index (κ2) is 7.50. The number of nitro groups is 1. The first-order chi connectivity index (χ1) is 10.1. The van der Waals surface area contributed by atoms with Crippen molar-refractivity contribution in [2.75, 3.05) is 0 Å². The van der Waals surface area contributed by atoms with Crippen LogP contribution in [0.15, 0.2) is 18.2 Å². The molecule has 1 aromatic rings. The van der Waals surface area contributed by atoms with Crippen molar-refractivity contribution < 1.29 is 9.31 Å². The molecule has 1 aromatic carbocycles. The van der Waals surface area contributed by atoms with E-state index in [1.54, 1.807) is 0 Å². The minimum absolute atomic E-state index is 0.0167. The molecule has 5 heteroatoms. The van der Waals surface area contributed by atoms with Gasteiger partial charge < -0.3 is 5.32 Å². The van der Waals surface area contributed by atoms with E-state index in [0.717, 1.165) is 6.07 Å². The van der Waals surface area contributed by atoms with Crippen molar-refractivity contribution in [1.29, 1.82) is 0 Å². The van der Waals surface area contributed by atoms with Crippen LogP contribution in [0.1, 0.15) is 51.0 Å². The van der Waals surface area contributed by atoms with Crippen LogP contribution in [0.25, 0.3) is 0 Å². The topological polar surface area (TPSA) is 55.2 Å². The summed E-state index contributed by atoms with van der Waals surface area (Å²) in [5.74, 6) is 0.180. The van der Waals surface area contributed by atoms with Gasteiger partial charge in [-0.05, 0) is 37.8 Å². The molecule has 1 aliphatic carbocycles. The lowest BCUT2D eigenvalue weighted by Gasteiger charge is -2.23. The van der Waals surface area contributed by atoms with Crippen LogP contribution in [-0.2, 0) is 6.54 Å². The zero-order valence-corrected chi connectivity index (χ0v) is 12.5. The third-order valence-corrected chi connectivity index (χ3v) is 4.46. The molecule has 0 unspecified atom stereocenters. The van der Waals surface area contributed by atoms with Crippen LogP contribution in [0.4, 0.5) is 10.1 Å². The average Bonchev–Trinajstić information content (AvgIpc) is 2.73. The van der Waals surface area contributed by atoms with Gasteiger partial charge in [0, 0.05) is 24.2 Å². The first-order valence-corrected chi connectivity index (χ1v) is 7.74. The van der Waals surface area contributed by atoms with Gasteiger partial charge in [0.1, 0.15) is 5.82 Å². The van der Waals surface area contributed by atoms with E-state index in [2.05, 4.69) is 12.2 Å². The molecular formula is C16H23FN2O2. The second-order valence-corrected chi connectivity index (χ2v) is 5.95. The Morgan fingerprint density at radius 3 is 2.62 bits per heavy atom. The van der Waals surface area contributed by atoms with Crippen LogP contribution in [0, 0.1) is 21.8 Å². The lowest BCUT2D eigenvalue weighted by atomic mass is 9.93. The summed E-state index contributed by atoms with van der Waals surface area (Å²) < 4.78 is 13.3. The van der Waals surface area contributed by atoms with Gasteiger partial charge in [0.25, 0.3) is 5.69 Å². The van der Waals surface area contributed by atoms with Crippen LogP contribution in [0.3, 0.4) is 0 Å². The zero-order valence-electron chi connectivity index (χ0n) is 12.5. The maximum Gasteiger partial charge on any atom is 0.274 e. The van der Waals surface area contributed by atoms with E-state index < -0.39 is 10.7 Å². The molecule has 0 spiro atoms. The summed E-state index contributed by atoms with van der Waals surface area (Å²) in [6, 6.07) is 3.93. The molecule has 0 saturated heterocycles. The lowest BCUT2D eigenvalue weighted by Crippen LogP contribution is -2.33. The van der Waals surface area contributed by atoms with Gasteiger partial charge in [0.05, 0.1) is 4.92 Å². The van der Waals surface area contributed by atoms with Crippen molar-refractivity contribution in [3.63, 3.8) is 0 Å². The van der Waals surface area contributed by atoms with Crippen molar-refractivity contribution in [2.24, 2.45) is 5.92 Å². The Balaban J connectivity index is 1.98. The Morgan fingerprint density at radius 1 is 1.33 bits per heavy atom. The molecule has 0 radical (unpaired) electrons. The van der Waals surface area contributed by atoms with Crippen molar-refractivity contribution in [2.45, 2.75) is 58.0 Å².